The van der Waals surface area contributed by atoms with Gasteiger partial charge in [0.15, 0.2) is 3.77 Å². The molecule has 0 saturated heterocycles. The minimum Gasteiger partial charge on any atom is -0.454 e. The Labute approximate surface area is 98.6 Å². The molecule has 1 N–H and O–H groups in total. The summed E-state index contributed by atoms with van der Waals surface area (Å²) in [4.78, 5) is 0. The van der Waals surface area contributed by atoms with Crippen molar-refractivity contribution < 1.29 is 4.42 Å². The van der Waals surface area contributed by atoms with Crippen LogP contribution in [0.2, 0.25) is 0 Å². The summed E-state index contributed by atoms with van der Waals surface area (Å²) in [5, 5.41) is 3.52. The molecule has 1 atom stereocenters. The highest BCUT2D eigenvalue weighted by atomic mass is 127. The van der Waals surface area contributed by atoms with Crippen LogP contribution in [0.25, 0.3) is 0 Å². The Morgan fingerprint density at radius 1 is 1.57 bits per heavy atom. The van der Waals surface area contributed by atoms with Gasteiger partial charge in [0, 0.05) is 6.04 Å². The Morgan fingerprint density at radius 3 is 2.86 bits per heavy atom. The van der Waals surface area contributed by atoms with Crippen LogP contribution in [0.1, 0.15) is 31.9 Å². The van der Waals surface area contributed by atoms with Crippen LogP contribution < -0.4 is 5.32 Å². The van der Waals surface area contributed by atoms with E-state index in [4.69, 9.17) is 4.42 Å². The molecule has 1 unspecified atom stereocenters. The molecule has 1 heterocycles. The summed E-state index contributed by atoms with van der Waals surface area (Å²) in [6.07, 6.45) is 4.20. The normalized spacial score (nSPS) is 19.3. The Hall–Kier alpha value is -0.0300. The first-order valence-corrected chi connectivity index (χ1v) is 6.31. The molecule has 0 aromatic carbocycles. The molecule has 1 aliphatic rings. The molecule has 2 nitrogen and oxygen atoms in total. The maximum atomic E-state index is 5.49. The van der Waals surface area contributed by atoms with E-state index in [0.717, 1.165) is 22.0 Å². The number of hydrogen-bond donors (Lipinski definition) is 1. The SMILES string of the molecule is CC(NCc1ccc(I)o1)C1CCC1. The summed E-state index contributed by atoms with van der Waals surface area (Å²) in [7, 11) is 0. The standard InChI is InChI=1S/C11H16INO/c1-8(9-3-2-4-9)13-7-10-5-6-11(12)14-10/h5-6,8-9,13H,2-4,7H2,1H3. The summed E-state index contributed by atoms with van der Waals surface area (Å²) in [6, 6.07) is 4.68. The zero-order chi connectivity index (χ0) is 9.97. The van der Waals surface area contributed by atoms with Crippen molar-refractivity contribution in [1.82, 2.24) is 5.32 Å². The van der Waals surface area contributed by atoms with Gasteiger partial charge in [-0.15, -0.1) is 0 Å². The van der Waals surface area contributed by atoms with Gasteiger partial charge in [-0.25, -0.2) is 0 Å². The van der Waals surface area contributed by atoms with Crippen molar-refractivity contribution in [3.63, 3.8) is 0 Å². The highest BCUT2D eigenvalue weighted by molar-refractivity contribution is 14.1. The van der Waals surface area contributed by atoms with Gasteiger partial charge < -0.3 is 9.73 Å². The summed E-state index contributed by atoms with van der Waals surface area (Å²) in [5.74, 6) is 1.93. The smallest absolute Gasteiger partial charge is 0.164 e. The van der Waals surface area contributed by atoms with E-state index in [-0.39, 0.29) is 0 Å². The maximum Gasteiger partial charge on any atom is 0.164 e. The van der Waals surface area contributed by atoms with Gasteiger partial charge in [-0.05, 0) is 60.4 Å². The van der Waals surface area contributed by atoms with E-state index >= 15 is 0 Å². The van der Waals surface area contributed by atoms with Crippen molar-refractivity contribution in [2.45, 2.75) is 38.8 Å². The zero-order valence-corrected chi connectivity index (χ0v) is 10.6. The molecule has 14 heavy (non-hydrogen) atoms. The molecular formula is C11H16INO. The lowest BCUT2D eigenvalue weighted by Crippen LogP contribution is -2.36. The third-order valence-corrected chi connectivity index (χ3v) is 3.66. The second-order valence-corrected chi connectivity index (χ2v) is 5.13. The van der Waals surface area contributed by atoms with E-state index in [9.17, 15) is 0 Å². The highest BCUT2D eigenvalue weighted by Crippen LogP contribution is 2.29. The minimum absolute atomic E-state index is 0.631. The lowest BCUT2D eigenvalue weighted by atomic mass is 9.80. The summed E-state index contributed by atoms with van der Waals surface area (Å²) in [5.41, 5.74) is 0. The van der Waals surface area contributed by atoms with E-state index in [1.165, 1.54) is 19.3 Å². The van der Waals surface area contributed by atoms with Crippen LogP contribution in [0.5, 0.6) is 0 Å². The van der Waals surface area contributed by atoms with Crippen LogP contribution in [0.4, 0.5) is 0 Å². The van der Waals surface area contributed by atoms with Gasteiger partial charge in [-0.2, -0.15) is 0 Å². The monoisotopic (exact) mass is 305 g/mol. The maximum absolute atomic E-state index is 5.49. The molecule has 0 spiro atoms. The average molecular weight is 305 g/mol. The van der Waals surface area contributed by atoms with Crippen molar-refractivity contribution in [2.75, 3.05) is 0 Å². The molecule has 2 rings (SSSR count). The molecule has 1 saturated carbocycles. The molecule has 0 amide bonds. The third-order valence-electron chi connectivity index (χ3n) is 3.08. The van der Waals surface area contributed by atoms with E-state index in [0.29, 0.717) is 6.04 Å². The molecule has 0 radical (unpaired) electrons. The molecule has 0 aliphatic heterocycles. The average Bonchev–Trinajstić information content (AvgIpc) is 2.45. The number of halogens is 1. The van der Waals surface area contributed by atoms with Gasteiger partial charge in [0.1, 0.15) is 5.76 Å². The largest absolute Gasteiger partial charge is 0.454 e. The van der Waals surface area contributed by atoms with Crippen LogP contribution in [-0.4, -0.2) is 6.04 Å². The Bertz CT molecular complexity index is 293. The van der Waals surface area contributed by atoms with E-state index < -0.39 is 0 Å². The number of rotatable bonds is 4. The predicted molar refractivity (Wildman–Crippen MR) is 65.1 cm³/mol. The molecule has 1 aromatic heterocycles. The van der Waals surface area contributed by atoms with E-state index in [1.54, 1.807) is 0 Å². The number of furan rings is 1. The fourth-order valence-corrected chi connectivity index (χ4v) is 2.28. The quantitative estimate of drug-likeness (QED) is 0.865. The van der Waals surface area contributed by atoms with Gasteiger partial charge in [-0.1, -0.05) is 6.42 Å². The van der Waals surface area contributed by atoms with Crippen molar-refractivity contribution >= 4 is 22.6 Å². The molecule has 0 bridgehead atoms. The van der Waals surface area contributed by atoms with Gasteiger partial charge in [0.25, 0.3) is 0 Å². The Kier molecular flexibility index (Phi) is 3.49. The zero-order valence-electron chi connectivity index (χ0n) is 8.42. The van der Waals surface area contributed by atoms with Gasteiger partial charge in [0.05, 0.1) is 6.54 Å². The van der Waals surface area contributed by atoms with E-state index in [2.05, 4.69) is 34.8 Å². The Morgan fingerprint density at radius 2 is 2.36 bits per heavy atom. The Balaban J connectivity index is 1.76. The number of hydrogen-bond acceptors (Lipinski definition) is 2. The molecular weight excluding hydrogens is 289 g/mol. The predicted octanol–water partition coefficient (Wildman–Crippen LogP) is 3.16. The third kappa shape index (κ3) is 2.51. The molecule has 3 heteroatoms. The lowest BCUT2D eigenvalue weighted by molar-refractivity contribution is 0.236. The van der Waals surface area contributed by atoms with E-state index in [1.807, 2.05) is 12.1 Å². The molecule has 1 aliphatic carbocycles. The summed E-state index contributed by atoms with van der Waals surface area (Å²) in [6.45, 7) is 3.14. The first kappa shape index (κ1) is 10.5. The minimum atomic E-state index is 0.631. The fraction of sp³-hybridized carbons (Fsp3) is 0.636. The topological polar surface area (TPSA) is 25.2 Å². The lowest BCUT2D eigenvalue weighted by Gasteiger charge is -2.31. The van der Waals surface area contributed by atoms with Crippen LogP contribution in [0, 0.1) is 9.68 Å². The first-order chi connectivity index (χ1) is 6.75. The second-order valence-electron chi connectivity index (χ2n) is 4.07. The van der Waals surface area contributed by atoms with Crippen LogP contribution >= 0.6 is 22.6 Å². The van der Waals surface area contributed by atoms with Gasteiger partial charge >= 0.3 is 0 Å². The second kappa shape index (κ2) is 4.66. The van der Waals surface area contributed by atoms with Gasteiger partial charge in [-0.3, -0.25) is 0 Å². The summed E-state index contributed by atoms with van der Waals surface area (Å²) >= 11 is 2.20. The molecule has 1 fully saturated rings. The van der Waals surface area contributed by atoms with Gasteiger partial charge in [0.2, 0.25) is 0 Å². The molecule has 1 aromatic rings. The summed E-state index contributed by atoms with van der Waals surface area (Å²) < 4.78 is 6.46. The molecule has 78 valence electrons. The number of nitrogens with one attached hydrogen (secondary N) is 1. The van der Waals surface area contributed by atoms with Crippen molar-refractivity contribution in [1.29, 1.82) is 0 Å². The van der Waals surface area contributed by atoms with Crippen LogP contribution in [-0.2, 0) is 6.54 Å². The van der Waals surface area contributed by atoms with Crippen LogP contribution in [0.3, 0.4) is 0 Å². The van der Waals surface area contributed by atoms with Crippen molar-refractivity contribution in [3.05, 3.63) is 21.7 Å². The first-order valence-electron chi connectivity index (χ1n) is 5.23. The van der Waals surface area contributed by atoms with Crippen molar-refractivity contribution in [2.24, 2.45) is 5.92 Å². The fourth-order valence-electron chi connectivity index (χ4n) is 1.81. The van der Waals surface area contributed by atoms with Crippen molar-refractivity contribution in [3.8, 4) is 0 Å². The van der Waals surface area contributed by atoms with Crippen LogP contribution in [0.15, 0.2) is 16.5 Å². The highest BCUT2D eigenvalue weighted by Gasteiger charge is 2.23.